The molecule has 0 aliphatic carbocycles. The first-order valence-corrected chi connectivity index (χ1v) is 9.57. The molecule has 0 radical (unpaired) electrons. The number of likely N-dealkylation sites (tertiary alicyclic amines) is 1. The molecule has 2 fully saturated rings. The summed E-state index contributed by atoms with van der Waals surface area (Å²) in [5.41, 5.74) is 0.422. The van der Waals surface area contributed by atoms with E-state index in [9.17, 15) is 9.59 Å². The second-order valence-corrected chi connectivity index (χ2v) is 6.91. The second kappa shape index (κ2) is 8.64. The fourth-order valence-corrected chi connectivity index (χ4v) is 3.85. The summed E-state index contributed by atoms with van der Waals surface area (Å²) in [7, 11) is 0. The molecular formula is C18H29N5O3. The molecule has 2 amide bonds. The fourth-order valence-electron chi connectivity index (χ4n) is 3.85. The summed E-state index contributed by atoms with van der Waals surface area (Å²) >= 11 is 0. The van der Waals surface area contributed by atoms with Gasteiger partial charge >= 0.3 is 0 Å². The summed E-state index contributed by atoms with van der Waals surface area (Å²) in [4.78, 5) is 27.3. The zero-order valence-corrected chi connectivity index (χ0v) is 15.6. The lowest BCUT2D eigenvalue weighted by Gasteiger charge is -2.34. The third-order valence-corrected chi connectivity index (χ3v) is 5.19. The normalized spacial score (nSPS) is 24.5. The topological polar surface area (TPSA) is 88.5 Å². The number of hydrogen-bond acceptors (Lipinski definition) is 5. The van der Waals surface area contributed by atoms with Crippen molar-refractivity contribution in [2.75, 3.05) is 26.3 Å². The highest BCUT2D eigenvalue weighted by molar-refractivity contribution is 5.92. The highest BCUT2D eigenvalue weighted by atomic mass is 16.5. The van der Waals surface area contributed by atoms with Gasteiger partial charge in [-0.25, -0.2) is 0 Å². The summed E-state index contributed by atoms with van der Waals surface area (Å²) in [6.07, 6.45) is 4.29. The Morgan fingerprint density at radius 3 is 2.73 bits per heavy atom. The van der Waals surface area contributed by atoms with Crippen LogP contribution in [0.25, 0.3) is 0 Å². The maximum Gasteiger partial charge on any atom is 0.272 e. The summed E-state index contributed by atoms with van der Waals surface area (Å²) in [6.45, 7) is 7.40. The molecule has 8 heteroatoms. The molecule has 8 nitrogen and oxygen atoms in total. The predicted molar refractivity (Wildman–Crippen MR) is 96.8 cm³/mol. The van der Waals surface area contributed by atoms with Crippen LogP contribution in [0.3, 0.4) is 0 Å². The first-order chi connectivity index (χ1) is 12.6. The quantitative estimate of drug-likeness (QED) is 0.763. The van der Waals surface area contributed by atoms with E-state index in [1.165, 1.54) is 0 Å². The van der Waals surface area contributed by atoms with Gasteiger partial charge in [0, 0.05) is 51.1 Å². The van der Waals surface area contributed by atoms with E-state index in [4.69, 9.17) is 4.74 Å². The van der Waals surface area contributed by atoms with Gasteiger partial charge in [0.25, 0.3) is 5.91 Å². The van der Waals surface area contributed by atoms with Crippen LogP contribution >= 0.6 is 0 Å². The third-order valence-electron chi connectivity index (χ3n) is 5.19. The van der Waals surface area contributed by atoms with Gasteiger partial charge in [-0.3, -0.25) is 19.2 Å². The van der Waals surface area contributed by atoms with E-state index in [1.807, 2.05) is 13.8 Å². The molecule has 2 N–H and O–H groups in total. The van der Waals surface area contributed by atoms with Crippen molar-refractivity contribution in [1.29, 1.82) is 0 Å². The van der Waals surface area contributed by atoms with Crippen molar-refractivity contribution in [3.05, 3.63) is 18.0 Å². The molecule has 2 saturated heterocycles. The molecule has 0 saturated carbocycles. The van der Waals surface area contributed by atoms with E-state index in [2.05, 4.69) is 20.6 Å². The zero-order chi connectivity index (χ0) is 18.5. The van der Waals surface area contributed by atoms with Gasteiger partial charge in [-0.1, -0.05) is 0 Å². The Morgan fingerprint density at radius 1 is 1.31 bits per heavy atom. The molecule has 2 aliphatic rings. The van der Waals surface area contributed by atoms with Crippen LogP contribution in [0.15, 0.2) is 12.3 Å². The fraction of sp³-hybridized carbons (Fsp3) is 0.722. The third kappa shape index (κ3) is 4.24. The van der Waals surface area contributed by atoms with Crippen LogP contribution in [0.4, 0.5) is 0 Å². The molecule has 0 bridgehead atoms. The number of amides is 2. The molecule has 0 aromatic carbocycles. The number of hydrogen-bond donors (Lipinski definition) is 2. The smallest absolute Gasteiger partial charge is 0.272 e. The van der Waals surface area contributed by atoms with E-state index < -0.39 is 0 Å². The summed E-state index contributed by atoms with van der Waals surface area (Å²) in [6, 6.07) is 1.81. The number of aromatic nitrogens is 2. The second-order valence-electron chi connectivity index (χ2n) is 6.91. The number of carbonyl (C=O) groups is 2. The van der Waals surface area contributed by atoms with Crippen molar-refractivity contribution >= 4 is 11.8 Å². The molecule has 1 aromatic rings. The molecular weight excluding hydrogens is 334 g/mol. The van der Waals surface area contributed by atoms with Crippen LogP contribution in [0.1, 0.15) is 43.6 Å². The average molecular weight is 363 g/mol. The van der Waals surface area contributed by atoms with Gasteiger partial charge in [0.1, 0.15) is 5.69 Å². The van der Waals surface area contributed by atoms with Crippen LogP contribution in [-0.2, 0) is 16.1 Å². The average Bonchev–Trinajstić information content (AvgIpc) is 3.29. The van der Waals surface area contributed by atoms with E-state index >= 15 is 0 Å². The largest absolute Gasteiger partial charge is 0.381 e. The highest BCUT2D eigenvalue weighted by Crippen LogP contribution is 2.26. The van der Waals surface area contributed by atoms with Crippen LogP contribution in [0.2, 0.25) is 0 Å². The number of nitrogens with one attached hydrogen (secondary N) is 2. The van der Waals surface area contributed by atoms with Crippen LogP contribution in [-0.4, -0.2) is 70.9 Å². The van der Waals surface area contributed by atoms with Crippen LogP contribution < -0.4 is 10.6 Å². The molecule has 3 heterocycles. The minimum absolute atomic E-state index is 0.0472. The number of aryl methyl sites for hydroxylation is 1. The van der Waals surface area contributed by atoms with Crippen LogP contribution in [0, 0.1) is 0 Å². The van der Waals surface area contributed by atoms with Gasteiger partial charge in [0.15, 0.2) is 0 Å². The maximum absolute atomic E-state index is 12.5. The van der Waals surface area contributed by atoms with Crippen molar-refractivity contribution in [3.8, 4) is 0 Å². The number of ether oxygens (including phenoxy) is 1. The molecule has 0 unspecified atom stereocenters. The Morgan fingerprint density at radius 2 is 2.08 bits per heavy atom. The van der Waals surface area contributed by atoms with Crippen molar-refractivity contribution in [1.82, 2.24) is 25.3 Å². The van der Waals surface area contributed by atoms with Crippen LogP contribution in [0.5, 0.6) is 0 Å². The molecule has 2 atom stereocenters. The molecule has 26 heavy (non-hydrogen) atoms. The number of likely N-dealkylation sites (N-methyl/N-ethyl adjacent to an activating group) is 1. The first-order valence-electron chi connectivity index (χ1n) is 9.57. The van der Waals surface area contributed by atoms with Gasteiger partial charge in [0.05, 0.1) is 6.04 Å². The lowest BCUT2D eigenvalue weighted by Crippen LogP contribution is -2.49. The van der Waals surface area contributed by atoms with E-state index in [-0.39, 0.29) is 23.9 Å². The van der Waals surface area contributed by atoms with E-state index in [1.54, 1.807) is 16.9 Å². The van der Waals surface area contributed by atoms with Gasteiger partial charge in [-0.2, -0.15) is 5.10 Å². The Bertz CT molecular complexity index is 626. The zero-order valence-electron chi connectivity index (χ0n) is 15.6. The minimum Gasteiger partial charge on any atom is -0.381 e. The maximum atomic E-state index is 12.5. The Labute approximate surface area is 154 Å². The van der Waals surface area contributed by atoms with Crippen molar-refractivity contribution in [2.45, 2.75) is 57.8 Å². The van der Waals surface area contributed by atoms with Crippen molar-refractivity contribution < 1.29 is 14.3 Å². The van der Waals surface area contributed by atoms with E-state index in [0.717, 1.165) is 32.6 Å². The van der Waals surface area contributed by atoms with Gasteiger partial charge in [-0.05, 0) is 39.2 Å². The Hall–Kier alpha value is -1.93. The molecule has 3 rings (SSSR count). The summed E-state index contributed by atoms with van der Waals surface area (Å²) in [5, 5.41) is 10.3. The first kappa shape index (κ1) is 18.8. The number of rotatable bonds is 6. The Balaban J connectivity index is 1.66. The van der Waals surface area contributed by atoms with Gasteiger partial charge < -0.3 is 15.4 Å². The highest BCUT2D eigenvalue weighted by Gasteiger charge is 2.41. The predicted octanol–water partition coefficient (Wildman–Crippen LogP) is 0.391. The molecule has 0 spiro atoms. The van der Waals surface area contributed by atoms with Gasteiger partial charge in [0.2, 0.25) is 5.91 Å². The van der Waals surface area contributed by atoms with Gasteiger partial charge in [-0.15, -0.1) is 0 Å². The minimum atomic E-state index is -0.198. The summed E-state index contributed by atoms with van der Waals surface area (Å²) in [5.74, 6) is -0.128. The molecule has 1 aromatic heterocycles. The van der Waals surface area contributed by atoms with E-state index in [0.29, 0.717) is 31.2 Å². The lowest BCUT2D eigenvalue weighted by atomic mass is 10.1. The molecule has 2 aliphatic heterocycles. The van der Waals surface area contributed by atoms with Crippen molar-refractivity contribution in [3.63, 3.8) is 0 Å². The SMILES string of the molecule is CCNC(=O)[C@@H]1C[C@H](NC(=O)c2ccn(CC)n2)CN1C1CCOCC1. The molecule has 144 valence electrons. The Kier molecular flexibility index (Phi) is 6.26. The summed E-state index contributed by atoms with van der Waals surface area (Å²) < 4.78 is 7.19. The number of carbonyl (C=O) groups excluding carboxylic acids is 2. The lowest BCUT2D eigenvalue weighted by molar-refractivity contribution is -0.126. The number of nitrogens with zero attached hydrogens (tertiary/aromatic N) is 3. The monoisotopic (exact) mass is 363 g/mol. The standard InChI is InChI=1S/C18H29N5O3/c1-3-19-18(25)16-11-13(12-23(16)14-6-9-26-10-7-14)20-17(24)15-5-8-22(4-2)21-15/h5,8,13-14,16H,3-4,6-7,9-12H2,1-2H3,(H,19,25)(H,20,24)/t13-,16-/m0/s1. The van der Waals surface area contributed by atoms with Crippen molar-refractivity contribution in [2.24, 2.45) is 0 Å².